The lowest BCUT2D eigenvalue weighted by Crippen LogP contribution is -2.53. The van der Waals surface area contributed by atoms with Gasteiger partial charge in [0.1, 0.15) is 17.4 Å². The summed E-state index contributed by atoms with van der Waals surface area (Å²) in [5.41, 5.74) is -0.524. The van der Waals surface area contributed by atoms with Gasteiger partial charge in [0.15, 0.2) is 8.32 Å². The van der Waals surface area contributed by atoms with Crippen LogP contribution in [0.2, 0.25) is 18.1 Å². The summed E-state index contributed by atoms with van der Waals surface area (Å²) in [4.78, 5) is 27.8. The van der Waals surface area contributed by atoms with E-state index in [0.29, 0.717) is 13.2 Å². The first kappa shape index (κ1) is 28.3. The Bertz CT molecular complexity index is 843. The van der Waals surface area contributed by atoms with Gasteiger partial charge in [0.2, 0.25) is 0 Å². The van der Waals surface area contributed by atoms with E-state index in [0.717, 1.165) is 5.56 Å². The van der Waals surface area contributed by atoms with Crippen LogP contribution in [-0.2, 0) is 25.2 Å². The normalized spacial score (nSPS) is 20.8. The van der Waals surface area contributed by atoms with Crippen molar-refractivity contribution in [2.75, 3.05) is 6.61 Å². The highest BCUT2D eigenvalue weighted by molar-refractivity contribution is 6.74. The van der Waals surface area contributed by atoms with Crippen LogP contribution in [0.4, 0.5) is 4.79 Å². The highest BCUT2D eigenvalue weighted by Crippen LogP contribution is 2.39. The molecular formula is C26H44N2O5Si. The molecule has 2 amide bonds. The van der Waals surface area contributed by atoms with E-state index in [-0.39, 0.29) is 23.5 Å². The summed E-state index contributed by atoms with van der Waals surface area (Å²) in [6.45, 7) is 20.8. The number of urea groups is 1. The predicted octanol–water partition coefficient (Wildman–Crippen LogP) is 5.46. The van der Waals surface area contributed by atoms with Crippen molar-refractivity contribution in [3.05, 3.63) is 35.9 Å². The number of ether oxygens (including phenoxy) is 2. The number of esters is 1. The van der Waals surface area contributed by atoms with Crippen LogP contribution in [-0.4, -0.2) is 55.3 Å². The third kappa shape index (κ3) is 7.55. The zero-order valence-electron chi connectivity index (χ0n) is 22.7. The van der Waals surface area contributed by atoms with Crippen LogP contribution in [0.5, 0.6) is 0 Å². The molecule has 34 heavy (non-hydrogen) atoms. The van der Waals surface area contributed by atoms with Crippen LogP contribution < -0.4 is 5.32 Å². The molecule has 1 N–H and O–H groups in total. The van der Waals surface area contributed by atoms with Crippen LogP contribution in [0, 0.1) is 0 Å². The topological polar surface area (TPSA) is 77.1 Å². The summed E-state index contributed by atoms with van der Waals surface area (Å²) in [6.07, 6.45) is -0.413. The fourth-order valence-electron chi connectivity index (χ4n) is 3.75. The van der Waals surface area contributed by atoms with Gasteiger partial charge in [-0.3, -0.25) is 9.69 Å². The van der Waals surface area contributed by atoms with E-state index in [1.54, 1.807) is 4.90 Å². The summed E-state index contributed by atoms with van der Waals surface area (Å²) in [7, 11) is -2.05. The van der Waals surface area contributed by atoms with Gasteiger partial charge in [0.25, 0.3) is 0 Å². The quantitative estimate of drug-likeness (QED) is 0.404. The molecule has 0 bridgehead atoms. The standard InChI is InChI=1S/C26H44N2O5Si/c1-24(2,3)33-22(29)16-20-21(18-31-34(9,10)25(4,5)6)32-26(7,8)28(20)23(30)27-17-19-14-12-11-13-15-19/h11-15,20-21H,16-18H2,1-10H3,(H,27,30). The number of nitrogens with zero attached hydrogens (tertiary/aromatic N) is 1. The van der Waals surface area contributed by atoms with Crippen LogP contribution in [0.1, 0.15) is 67.4 Å². The van der Waals surface area contributed by atoms with E-state index in [1.807, 2.05) is 65.0 Å². The largest absolute Gasteiger partial charge is 0.460 e. The monoisotopic (exact) mass is 492 g/mol. The van der Waals surface area contributed by atoms with E-state index in [1.165, 1.54) is 0 Å². The highest BCUT2D eigenvalue weighted by Gasteiger charge is 2.51. The molecule has 0 spiro atoms. The molecule has 1 aliphatic heterocycles. The number of carbonyl (C=O) groups excluding carboxylic acids is 2. The molecule has 7 nitrogen and oxygen atoms in total. The van der Waals surface area contributed by atoms with Gasteiger partial charge < -0.3 is 19.2 Å². The lowest BCUT2D eigenvalue weighted by atomic mass is 10.1. The summed E-state index contributed by atoms with van der Waals surface area (Å²) in [5, 5.41) is 3.02. The Morgan fingerprint density at radius 3 is 2.21 bits per heavy atom. The Morgan fingerprint density at radius 1 is 1.09 bits per heavy atom. The van der Waals surface area contributed by atoms with E-state index >= 15 is 0 Å². The van der Waals surface area contributed by atoms with Crippen LogP contribution >= 0.6 is 0 Å². The van der Waals surface area contributed by atoms with Crippen molar-refractivity contribution in [2.24, 2.45) is 0 Å². The fraction of sp³-hybridized carbons (Fsp3) is 0.692. The average molecular weight is 493 g/mol. The molecule has 2 rings (SSSR count). The van der Waals surface area contributed by atoms with Gasteiger partial charge in [-0.05, 0) is 58.3 Å². The first-order valence-corrected chi connectivity index (χ1v) is 15.0. The third-order valence-corrected chi connectivity index (χ3v) is 11.0. The smallest absolute Gasteiger partial charge is 0.320 e. The van der Waals surface area contributed by atoms with Crippen molar-refractivity contribution in [1.82, 2.24) is 10.2 Å². The third-order valence-electron chi connectivity index (χ3n) is 6.50. The molecule has 1 aromatic rings. The van der Waals surface area contributed by atoms with Gasteiger partial charge >= 0.3 is 12.0 Å². The SMILES string of the molecule is CC(C)(C)OC(=O)CC1C(CO[Si](C)(C)C(C)(C)C)OC(C)(C)N1C(=O)NCc1ccccc1. The first-order valence-electron chi connectivity index (χ1n) is 12.1. The second kappa shape index (κ2) is 10.4. The van der Waals surface area contributed by atoms with E-state index in [4.69, 9.17) is 13.9 Å². The minimum Gasteiger partial charge on any atom is -0.460 e. The molecule has 1 saturated heterocycles. The summed E-state index contributed by atoms with van der Waals surface area (Å²) in [5.74, 6) is -0.364. The minimum absolute atomic E-state index is 0.0327. The number of rotatable bonds is 7. The molecule has 2 unspecified atom stereocenters. The zero-order valence-corrected chi connectivity index (χ0v) is 23.7. The van der Waals surface area contributed by atoms with Crippen molar-refractivity contribution in [3.8, 4) is 0 Å². The Morgan fingerprint density at radius 2 is 1.68 bits per heavy atom. The van der Waals surface area contributed by atoms with Gasteiger partial charge in [-0.1, -0.05) is 51.1 Å². The van der Waals surface area contributed by atoms with Gasteiger partial charge in [-0.2, -0.15) is 0 Å². The highest BCUT2D eigenvalue weighted by atomic mass is 28.4. The molecule has 1 aliphatic rings. The molecule has 0 saturated carbocycles. The average Bonchev–Trinajstić information content (AvgIpc) is 2.92. The molecule has 192 valence electrons. The maximum atomic E-state index is 13.4. The maximum absolute atomic E-state index is 13.4. The molecular weight excluding hydrogens is 448 g/mol. The van der Waals surface area contributed by atoms with E-state index in [2.05, 4.69) is 39.2 Å². The molecule has 1 heterocycles. The molecule has 1 fully saturated rings. The molecule has 2 atom stereocenters. The fourth-order valence-corrected chi connectivity index (χ4v) is 4.77. The van der Waals surface area contributed by atoms with E-state index in [9.17, 15) is 9.59 Å². The lowest BCUT2D eigenvalue weighted by Gasteiger charge is -2.37. The zero-order chi connectivity index (χ0) is 25.9. The molecule has 1 aromatic carbocycles. The Hall–Kier alpha value is -1.90. The molecule has 8 heteroatoms. The van der Waals surface area contributed by atoms with Crippen molar-refractivity contribution >= 4 is 20.3 Å². The number of carbonyl (C=O) groups is 2. The van der Waals surface area contributed by atoms with Gasteiger partial charge in [-0.25, -0.2) is 4.79 Å². The maximum Gasteiger partial charge on any atom is 0.320 e. The lowest BCUT2D eigenvalue weighted by molar-refractivity contribution is -0.156. The number of benzene rings is 1. The summed E-state index contributed by atoms with van der Waals surface area (Å²) in [6, 6.07) is 8.93. The molecule has 0 aliphatic carbocycles. The second-order valence-corrected chi connectivity index (χ2v) is 16.9. The second-order valence-electron chi connectivity index (χ2n) is 12.0. The van der Waals surface area contributed by atoms with Gasteiger partial charge in [0, 0.05) is 6.54 Å². The van der Waals surface area contributed by atoms with Gasteiger partial charge in [-0.15, -0.1) is 0 Å². The molecule has 0 radical (unpaired) electrons. The number of hydrogen-bond acceptors (Lipinski definition) is 5. The number of nitrogens with one attached hydrogen (secondary N) is 1. The Balaban J connectivity index is 2.25. The predicted molar refractivity (Wildman–Crippen MR) is 137 cm³/mol. The summed E-state index contributed by atoms with van der Waals surface area (Å²) < 4.78 is 18.4. The minimum atomic E-state index is -2.05. The van der Waals surface area contributed by atoms with Gasteiger partial charge in [0.05, 0.1) is 19.1 Å². The Labute approximate surface area is 206 Å². The first-order chi connectivity index (χ1) is 15.4. The molecule has 0 aromatic heterocycles. The van der Waals surface area contributed by atoms with Crippen LogP contribution in [0.25, 0.3) is 0 Å². The van der Waals surface area contributed by atoms with Crippen molar-refractivity contribution < 1.29 is 23.5 Å². The van der Waals surface area contributed by atoms with Crippen LogP contribution in [0.3, 0.4) is 0 Å². The summed E-state index contributed by atoms with van der Waals surface area (Å²) >= 11 is 0. The van der Waals surface area contributed by atoms with E-state index < -0.39 is 31.8 Å². The Kier molecular flexibility index (Phi) is 8.65. The van der Waals surface area contributed by atoms with Crippen molar-refractivity contribution in [3.63, 3.8) is 0 Å². The van der Waals surface area contributed by atoms with Crippen molar-refractivity contribution in [1.29, 1.82) is 0 Å². The number of hydrogen-bond donors (Lipinski definition) is 1. The number of amides is 2. The van der Waals surface area contributed by atoms with Crippen LogP contribution in [0.15, 0.2) is 30.3 Å². The van der Waals surface area contributed by atoms with Crippen molar-refractivity contribution in [2.45, 2.75) is 110 Å².